The van der Waals surface area contributed by atoms with Gasteiger partial charge in [0.1, 0.15) is 11.5 Å². The average molecular weight is 362 g/mol. The van der Waals surface area contributed by atoms with Crippen LogP contribution in [0.15, 0.2) is 39.3 Å². The van der Waals surface area contributed by atoms with Gasteiger partial charge >= 0.3 is 0 Å². The topological polar surface area (TPSA) is 69.1 Å². The molecule has 8 heteroatoms. The van der Waals surface area contributed by atoms with E-state index in [9.17, 15) is 0 Å². The third-order valence-corrected chi connectivity index (χ3v) is 4.39. The number of rotatable bonds is 2. The molecule has 0 aliphatic rings. The normalized spacial score (nSPS) is 11.3. The number of halogens is 1. The van der Waals surface area contributed by atoms with Crippen molar-refractivity contribution >= 4 is 32.2 Å². The van der Waals surface area contributed by atoms with Gasteiger partial charge in [0.25, 0.3) is 0 Å². The van der Waals surface area contributed by atoms with Crippen LogP contribution >= 0.6 is 27.3 Å². The summed E-state index contributed by atoms with van der Waals surface area (Å²) in [6.45, 7) is 1.85. The second-order valence-electron chi connectivity index (χ2n) is 4.45. The second kappa shape index (κ2) is 4.74. The average Bonchev–Trinajstić information content (AvgIpc) is 3.14. The smallest absolute Gasteiger partial charge is 0.235 e. The molecule has 0 unspecified atom stereocenters. The molecule has 1 aromatic carbocycles. The van der Waals surface area contributed by atoms with Crippen molar-refractivity contribution in [1.29, 1.82) is 0 Å². The number of aryl methyl sites for hydroxylation is 1. The van der Waals surface area contributed by atoms with E-state index in [1.165, 1.54) is 11.3 Å². The summed E-state index contributed by atoms with van der Waals surface area (Å²) in [5.41, 5.74) is 1.67. The van der Waals surface area contributed by atoms with Gasteiger partial charge in [-0.25, -0.2) is 0 Å². The molecule has 104 valence electrons. The van der Waals surface area contributed by atoms with Gasteiger partial charge in [0, 0.05) is 16.1 Å². The van der Waals surface area contributed by atoms with E-state index in [0.717, 1.165) is 25.8 Å². The van der Waals surface area contributed by atoms with Crippen LogP contribution in [0.1, 0.15) is 5.76 Å². The van der Waals surface area contributed by atoms with Gasteiger partial charge in [-0.1, -0.05) is 44.6 Å². The zero-order valence-electron chi connectivity index (χ0n) is 10.8. The summed E-state index contributed by atoms with van der Waals surface area (Å²) >= 11 is 4.85. The number of nitrogens with zero attached hydrogens (tertiary/aromatic N) is 5. The third kappa shape index (κ3) is 2.16. The highest BCUT2D eigenvalue weighted by Crippen LogP contribution is 2.28. The Morgan fingerprint density at radius 2 is 2.00 bits per heavy atom. The fraction of sp³-hybridized carbons (Fsp3) is 0.0769. The van der Waals surface area contributed by atoms with Crippen molar-refractivity contribution in [2.45, 2.75) is 6.92 Å². The molecule has 0 saturated heterocycles. The summed E-state index contributed by atoms with van der Waals surface area (Å²) in [6.07, 6.45) is 0. The molecule has 0 fully saturated rings. The van der Waals surface area contributed by atoms with Crippen molar-refractivity contribution in [3.63, 3.8) is 0 Å². The first-order valence-electron chi connectivity index (χ1n) is 6.12. The van der Waals surface area contributed by atoms with Gasteiger partial charge in [-0.3, -0.25) is 0 Å². The molecule has 0 amide bonds. The van der Waals surface area contributed by atoms with E-state index in [-0.39, 0.29) is 0 Å². The number of benzene rings is 1. The highest BCUT2D eigenvalue weighted by molar-refractivity contribution is 9.10. The molecule has 4 rings (SSSR count). The van der Waals surface area contributed by atoms with E-state index in [1.54, 1.807) is 4.52 Å². The van der Waals surface area contributed by atoms with Gasteiger partial charge in [-0.05, 0) is 19.1 Å². The van der Waals surface area contributed by atoms with Crippen LogP contribution < -0.4 is 0 Å². The largest absolute Gasteiger partial charge is 0.361 e. The van der Waals surface area contributed by atoms with Crippen molar-refractivity contribution in [1.82, 2.24) is 25.0 Å². The summed E-state index contributed by atoms with van der Waals surface area (Å²) in [7, 11) is 0. The minimum Gasteiger partial charge on any atom is -0.361 e. The van der Waals surface area contributed by atoms with Crippen LogP contribution in [0.2, 0.25) is 0 Å². The van der Waals surface area contributed by atoms with E-state index in [0.29, 0.717) is 11.5 Å². The van der Waals surface area contributed by atoms with Crippen LogP contribution in [0.25, 0.3) is 27.1 Å². The Hall–Kier alpha value is -2.06. The zero-order chi connectivity index (χ0) is 14.4. The van der Waals surface area contributed by atoms with Crippen LogP contribution in [0, 0.1) is 6.92 Å². The predicted molar refractivity (Wildman–Crippen MR) is 82.0 cm³/mol. The lowest BCUT2D eigenvalue weighted by Crippen LogP contribution is -1.90. The highest BCUT2D eigenvalue weighted by atomic mass is 79.9. The van der Waals surface area contributed by atoms with Crippen molar-refractivity contribution in [2.24, 2.45) is 0 Å². The van der Waals surface area contributed by atoms with Gasteiger partial charge in [-0.15, -0.1) is 10.2 Å². The Kier molecular flexibility index (Phi) is 2.86. The highest BCUT2D eigenvalue weighted by Gasteiger charge is 2.16. The first kappa shape index (κ1) is 12.7. The quantitative estimate of drug-likeness (QED) is 0.545. The van der Waals surface area contributed by atoms with Crippen LogP contribution in [0.3, 0.4) is 0 Å². The monoisotopic (exact) mass is 361 g/mol. The summed E-state index contributed by atoms with van der Waals surface area (Å²) < 4.78 is 7.83. The first-order chi connectivity index (χ1) is 10.2. The molecule has 0 atom stereocenters. The molecule has 3 heterocycles. The van der Waals surface area contributed by atoms with Crippen LogP contribution in [0.4, 0.5) is 0 Å². The Balaban J connectivity index is 1.84. The number of aromatic nitrogens is 5. The SMILES string of the molecule is Cc1cc(-c2nn3c(-c4ccc(Br)cc4)nnc3s2)no1. The maximum atomic E-state index is 5.09. The zero-order valence-corrected chi connectivity index (χ0v) is 13.2. The maximum absolute atomic E-state index is 5.09. The van der Waals surface area contributed by atoms with Gasteiger partial charge in [0.15, 0.2) is 10.8 Å². The lowest BCUT2D eigenvalue weighted by molar-refractivity contribution is 0.399. The molecule has 0 radical (unpaired) electrons. The lowest BCUT2D eigenvalue weighted by Gasteiger charge is -1.96. The van der Waals surface area contributed by atoms with Gasteiger partial charge in [0.2, 0.25) is 4.96 Å². The summed E-state index contributed by atoms with van der Waals surface area (Å²) in [4.78, 5) is 0.726. The predicted octanol–water partition coefficient (Wildman–Crippen LogP) is 3.58. The lowest BCUT2D eigenvalue weighted by atomic mass is 10.2. The van der Waals surface area contributed by atoms with E-state index in [4.69, 9.17) is 4.52 Å². The molecule has 3 aromatic heterocycles. The molecule has 21 heavy (non-hydrogen) atoms. The fourth-order valence-corrected chi connectivity index (χ4v) is 3.02. The first-order valence-corrected chi connectivity index (χ1v) is 7.73. The molecule has 0 aliphatic carbocycles. The minimum atomic E-state index is 0.709. The number of hydrogen-bond acceptors (Lipinski definition) is 6. The standard InChI is InChI=1S/C13H8BrN5OS/c1-7-6-10(18-20-7)12-17-19-11(15-16-13(19)21-12)8-2-4-9(14)5-3-8/h2-6H,1H3. The summed E-state index contributed by atoms with van der Waals surface area (Å²) in [5.74, 6) is 1.46. The van der Waals surface area contributed by atoms with Crippen molar-refractivity contribution in [2.75, 3.05) is 0 Å². The number of hydrogen-bond donors (Lipinski definition) is 0. The molecule has 0 bridgehead atoms. The molecule has 6 nitrogen and oxygen atoms in total. The fourth-order valence-electron chi connectivity index (χ4n) is 1.97. The molecular weight excluding hydrogens is 354 g/mol. The molecule has 0 N–H and O–H groups in total. The third-order valence-electron chi connectivity index (χ3n) is 2.94. The Morgan fingerprint density at radius 1 is 1.19 bits per heavy atom. The van der Waals surface area contributed by atoms with Gasteiger partial charge in [0.05, 0.1) is 0 Å². The summed E-state index contributed by atoms with van der Waals surface area (Å²) in [5, 5.41) is 17.6. The molecule has 0 spiro atoms. The Bertz CT molecular complexity index is 924. The molecule has 0 aliphatic heterocycles. The van der Waals surface area contributed by atoms with E-state index in [2.05, 4.69) is 36.4 Å². The Morgan fingerprint density at radius 3 is 2.71 bits per heavy atom. The van der Waals surface area contributed by atoms with Gasteiger partial charge < -0.3 is 4.52 Å². The van der Waals surface area contributed by atoms with E-state index < -0.39 is 0 Å². The Labute approximate surface area is 131 Å². The van der Waals surface area contributed by atoms with Crippen molar-refractivity contribution in [3.8, 4) is 22.1 Å². The molecule has 4 aromatic rings. The van der Waals surface area contributed by atoms with Crippen LogP contribution in [-0.4, -0.2) is 25.0 Å². The van der Waals surface area contributed by atoms with E-state index in [1.807, 2.05) is 37.3 Å². The van der Waals surface area contributed by atoms with Crippen molar-refractivity contribution in [3.05, 3.63) is 40.6 Å². The van der Waals surface area contributed by atoms with E-state index >= 15 is 0 Å². The number of fused-ring (bicyclic) bond motifs is 1. The van der Waals surface area contributed by atoms with Gasteiger partial charge in [-0.2, -0.15) is 9.61 Å². The molecular formula is C13H8BrN5OS. The minimum absolute atomic E-state index is 0.709. The second-order valence-corrected chi connectivity index (χ2v) is 6.33. The maximum Gasteiger partial charge on any atom is 0.235 e. The van der Waals surface area contributed by atoms with Crippen LogP contribution in [-0.2, 0) is 0 Å². The van der Waals surface area contributed by atoms with Crippen molar-refractivity contribution < 1.29 is 4.52 Å². The van der Waals surface area contributed by atoms with Crippen LogP contribution in [0.5, 0.6) is 0 Å². The summed E-state index contributed by atoms with van der Waals surface area (Å²) in [6, 6.07) is 9.72. The molecule has 0 saturated carbocycles.